The van der Waals surface area contributed by atoms with Crippen LogP contribution in [0.5, 0.6) is 0 Å². The Hall–Kier alpha value is -3.62. The zero-order valence-corrected chi connectivity index (χ0v) is 21.7. The Morgan fingerprint density at radius 3 is 2.56 bits per heavy atom. The number of thioether (sulfide) groups is 1. The van der Waals surface area contributed by atoms with E-state index in [0.717, 1.165) is 15.0 Å². The van der Waals surface area contributed by atoms with Crippen molar-refractivity contribution >= 4 is 29.3 Å². The predicted octanol–water partition coefficient (Wildman–Crippen LogP) is 3.06. The molecule has 1 saturated heterocycles. The molecule has 1 amide bonds. The van der Waals surface area contributed by atoms with E-state index in [9.17, 15) is 27.9 Å². The van der Waals surface area contributed by atoms with E-state index < -0.39 is 24.5 Å². The van der Waals surface area contributed by atoms with Gasteiger partial charge < -0.3 is 10.0 Å². The molecule has 4 aromatic rings. The van der Waals surface area contributed by atoms with Gasteiger partial charge in [0.2, 0.25) is 0 Å². The van der Waals surface area contributed by atoms with Gasteiger partial charge in [0.1, 0.15) is 12.9 Å². The zero-order chi connectivity index (χ0) is 27.7. The first-order chi connectivity index (χ1) is 18.6. The van der Waals surface area contributed by atoms with Crippen molar-refractivity contribution in [3.05, 3.63) is 81.8 Å². The lowest BCUT2D eigenvalue weighted by Gasteiger charge is -2.16. The first kappa shape index (κ1) is 27.0. The number of carbonyl (C=O) groups is 1. The van der Waals surface area contributed by atoms with Gasteiger partial charge in [-0.3, -0.25) is 9.36 Å². The van der Waals surface area contributed by atoms with Crippen LogP contribution < -0.4 is 5.69 Å². The highest BCUT2D eigenvalue weighted by molar-refractivity contribution is 7.99. The Labute approximate surface area is 228 Å². The minimum Gasteiger partial charge on any atom is -0.382 e. The van der Waals surface area contributed by atoms with E-state index >= 15 is 0 Å². The molecule has 5 rings (SSSR count). The van der Waals surface area contributed by atoms with Crippen LogP contribution in [-0.2, 0) is 13.1 Å². The summed E-state index contributed by atoms with van der Waals surface area (Å²) in [6.45, 7) is -0.669. The number of alkyl halides is 3. The third-order valence-corrected chi connectivity index (χ3v) is 7.23. The number of nitrogens with zero attached hydrogens (tertiary/aromatic N) is 7. The van der Waals surface area contributed by atoms with Crippen LogP contribution in [-0.4, -0.2) is 75.5 Å². The Balaban J connectivity index is 1.46. The number of hydrogen-bond donors (Lipinski definition) is 1. The molecule has 0 aliphatic carbocycles. The minimum absolute atomic E-state index is 0.0844. The minimum atomic E-state index is -4.93. The van der Waals surface area contributed by atoms with Crippen molar-refractivity contribution < 1.29 is 23.1 Å². The zero-order valence-electron chi connectivity index (χ0n) is 20.1. The summed E-state index contributed by atoms with van der Waals surface area (Å²) < 4.78 is 42.4. The summed E-state index contributed by atoms with van der Waals surface area (Å²) >= 11 is 7.59. The van der Waals surface area contributed by atoms with Crippen molar-refractivity contribution in [2.75, 3.05) is 18.2 Å². The highest BCUT2D eigenvalue weighted by atomic mass is 35.5. The number of aliphatic hydroxyl groups excluding tert-OH is 1. The lowest BCUT2D eigenvalue weighted by molar-refractivity contribution is -0.207. The highest BCUT2D eigenvalue weighted by Crippen LogP contribution is 2.24. The average Bonchev–Trinajstić information content (AvgIpc) is 3.67. The molecule has 39 heavy (non-hydrogen) atoms. The lowest BCUT2D eigenvalue weighted by Crippen LogP contribution is -2.37. The molecule has 0 unspecified atom stereocenters. The molecule has 1 atom stereocenters. The van der Waals surface area contributed by atoms with E-state index in [0.29, 0.717) is 34.3 Å². The fourth-order valence-electron chi connectivity index (χ4n) is 4.02. The third-order valence-electron chi connectivity index (χ3n) is 6.01. The van der Waals surface area contributed by atoms with E-state index in [1.807, 2.05) is 0 Å². The molecule has 2 aromatic carbocycles. The Bertz CT molecular complexity index is 1550. The smallest absolute Gasteiger partial charge is 0.382 e. The van der Waals surface area contributed by atoms with Gasteiger partial charge in [0.15, 0.2) is 17.8 Å². The van der Waals surface area contributed by atoms with Crippen LogP contribution in [0.3, 0.4) is 0 Å². The van der Waals surface area contributed by atoms with E-state index in [2.05, 4.69) is 15.2 Å². The molecule has 1 fully saturated rings. The van der Waals surface area contributed by atoms with Crippen LogP contribution in [0.4, 0.5) is 13.2 Å². The summed E-state index contributed by atoms with van der Waals surface area (Å²) in [5.41, 5.74) is 0.368. The first-order valence-corrected chi connectivity index (χ1v) is 13.2. The van der Waals surface area contributed by atoms with Crippen molar-refractivity contribution in [3.63, 3.8) is 0 Å². The largest absolute Gasteiger partial charge is 0.416 e. The monoisotopic (exact) mass is 579 g/mol. The van der Waals surface area contributed by atoms with Gasteiger partial charge in [-0.05, 0) is 36.4 Å². The molecule has 10 nitrogen and oxygen atoms in total. The Morgan fingerprint density at radius 1 is 1.13 bits per heavy atom. The van der Waals surface area contributed by atoms with E-state index in [4.69, 9.17) is 11.6 Å². The van der Waals surface area contributed by atoms with Crippen molar-refractivity contribution in [1.82, 2.24) is 34.0 Å². The maximum atomic E-state index is 13.1. The fourth-order valence-corrected chi connectivity index (χ4v) is 5.09. The van der Waals surface area contributed by atoms with Gasteiger partial charge in [0.25, 0.3) is 5.91 Å². The summed E-state index contributed by atoms with van der Waals surface area (Å²) in [6.07, 6.45) is -6.33. The van der Waals surface area contributed by atoms with E-state index in [1.54, 1.807) is 40.9 Å². The molecular weight excluding hydrogens is 559 g/mol. The standard InChI is InChI=1S/C24H21ClF3N7O3S/c25-16-7-5-15(6-8-16)21-31-34(23(38)33(21)11-19(36)24(26,27)28)12-20-29-13-35(30-20)18-4-2-1-3-17(18)22(37)32-9-10-39-14-32/h1-8,13,19,36H,9-12,14H2/t19-/m0/s1. The molecule has 204 valence electrons. The molecule has 3 heterocycles. The fraction of sp³-hybridized carbons (Fsp3) is 0.292. The molecule has 15 heteroatoms. The number of para-hydroxylation sites is 1. The molecule has 0 radical (unpaired) electrons. The number of carbonyl (C=O) groups excluding carboxylic acids is 1. The maximum Gasteiger partial charge on any atom is 0.416 e. The summed E-state index contributed by atoms with van der Waals surface area (Å²) in [6, 6.07) is 12.9. The SMILES string of the molecule is O=C(c1ccccc1-n1cnc(Cn2nc(-c3ccc(Cl)cc3)n(C[C@H](O)C(F)(F)F)c2=O)n1)N1CCSC1. The van der Waals surface area contributed by atoms with E-state index in [-0.39, 0.29) is 24.1 Å². The van der Waals surface area contributed by atoms with Gasteiger partial charge in [0, 0.05) is 22.9 Å². The molecule has 1 aliphatic rings. The summed E-state index contributed by atoms with van der Waals surface area (Å²) in [4.78, 5) is 32.1. The van der Waals surface area contributed by atoms with Crippen LogP contribution in [0.15, 0.2) is 59.7 Å². The van der Waals surface area contributed by atoms with Crippen molar-refractivity contribution in [1.29, 1.82) is 0 Å². The predicted molar refractivity (Wildman–Crippen MR) is 138 cm³/mol. The molecule has 0 spiro atoms. The molecule has 0 saturated carbocycles. The average molecular weight is 580 g/mol. The van der Waals surface area contributed by atoms with Crippen molar-refractivity contribution in [2.24, 2.45) is 0 Å². The summed E-state index contributed by atoms with van der Waals surface area (Å²) in [7, 11) is 0. The molecule has 1 aliphatic heterocycles. The number of rotatable bonds is 7. The number of amides is 1. The topological polar surface area (TPSA) is 111 Å². The third kappa shape index (κ3) is 5.72. The molecule has 2 aromatic heterocycles. The van der Waals surface area contributed by atoms with Gasteiger partial charge in [-0.25, -0.2) is 19.1 Å². The van der Waals surface area contributed by atoms with Crippen LogP contribution in [0.25, 0.3) is 17.1 Å². The number of aromatic nitrogens is 6. The van der Waals surface area contributed by atoms with E-state index in [1.165, 1.54) is 35.3 Å². The summed E-state index contributed by atoms with van der Waals surface area (Å²) in [5, 5.41) is 18.6. The number of halogens is 4. The second kappa shape index (κ2) is 10.9. The normalized spacial score (nSPS) is 14.6. The first-order valence-electron chi connectivity index (χ1n) is 11.7. The maximum absolute atomic E-state index is 13.1. The van der Waals surface area contributed by atoms with Gasteiger partial charge in [-0.2, -0.15) is 13.2 Å². The number of benzene rings is 2. The van der Waals surface area contributed by atoms with Crippen LogP contribution in [0, 0.1) is 0 Å². The second-order valence-electron chi connectivity index (χ2n) is 8.67. The van der Waals surface area contributed by atoms with Crippen LogP contribution in [0.2, 0.25) is 5.02 Å². The molecule has 0 bridgehead atoms. The van der Waals surface area contributed by atoms with Crippen molar-refractivity contribution in [3.8, 4) is 17.1 Å². The van der Waals surface area contributed by atoms with Gasteiger partial charge in [-0.1, -0.05) is 23.7 Å². The molecule has 1 N–H and O–H groups in total. The lowest BCUT2D eigenvalue weighted by atomic mass is 10.1. The number of hydrogen-bond acceptors (Lipinski definition) is 7. The summed E-state index contributed by atoms with van der Waals surface area (Å²) in [5.74, 6) is 1.37. The number of aliphatic hydroxyl groups is 1. The molecular formula is C24H21ClF3N7O3S. The Morgan fingerprint density at radius 2 is 1.87 bits per heavy atom. The van der Waals surface area contributed by atoms with Gasteiger partial charge in [-0.15, -0.1) is 22.0 Å². The van der Waals surface area contributed by atoms with Crippen molar-refractivity contribution in [2.45, 2.75) is 25.4 Å². The van der Waals surface area contributed by atoms with Crippen LogP contribution >= 0.6 is 23.4 Å². The van der Waals surface area contributed by atoms with Gasteiger partial charge >= 0.3 is 11.9 Å². The highest BCUT2D eigenvalue weighted by Gasteiger charge is 2.39. The Kier molecular flexibility index (Phi) is 7.51. The quantitative estimate of drug-likeness (QED) is 0.358. The van der Waals surface area contributed by atoms with Crippen LogP contribution in [0.1, 0.15) is 16.2 Å². The second-order valence-corrected chi connectivity index (χ2v) is 10.2. The van der Waals surface area contributed by atoms with Gasteiger partial charge in [0.05, 0.1) is 23.7 Å².